The Balaban J connectivity index is 1.82. The monoisotopic (exact) mass is 269 g/mol. The molecule has 1 aromatic rings. The van der Waals surface area contributed by atoms with Crippen molar-refractivity contribution in [2.75, 3.05) is 0 Å². The number of carbonyl (C=O) groups is 2. The minimum Gasteiger partial charge on any atom is -0.481 e. The lowest BCUT2D eigenvalue weighted by Gasteiger charge is -2.32. The number of amides is 1. The molecule has 0 bridgehead atoms. The second-order valence-corrected chi connectivity index (χ2v) is 4.70. The van der Waals surface area contributed by atoms with Gasteiger partial charge >= 0.3 is 5.97 Å². The van der Waals surface area contributed by atoms with Gasteiger partial charge in [0.25, 0.3) is 0 Å². The Hall–Kier alpha value is -1.98. The van der Waals surface area contributed by atoms with Gasteiger partial charge in [-0.2, -0.15) is 0 Å². The zero-order valence-electron chi connectivity index (χ0n) is 10.0. The molecule has 1 fully saturated rings. The van der Waals surface area contributed by atoms with E-state index in [0.717, 1.165) is 12.1 Å². The average Bonchev–Trinajstić information content (AvgIpc) is 2.27. The van der Waals surface area contributed by atoms with Crippen molar-refractivity contribution in [2.24, 2.45) is 5.92 Å². The summed E-state index contributed by atoms with van der Waals surface area (Å²) in [5.41, 5.74) is 0.380. The van der Waals surface area contributed by atoms with Crippen LogP contribution in [0.4, 0.5) is 8.78 Å². The van der Waals surface area contributed by atoms with Crippen molar-refractivity contribution < 1.29 is 23.5 Å². The molecule has 0 radical (unpaired) electrons. The highest BCUT2D eigenvalue weighted by Crippen LogP contribution is 2.27. The summed E-state index contributed by atoms with van der Waals surface area (Å²) in [5.74, 6) is -3.51. The van der Waals surface area contributed by atoms with E-state index < -0.39 is 23.5 Å². The van der Waals surface area contributed by atoms with E-state index in [-0.39, 0.29) is 18.4 Å². The molecule has 6 heteroatoms. The smallest absolute Gasteiger partial charge is 0.306 e. The van der Waals surface area contributed by atoms with Gasteiger partial charge in [-0.3, -0.25) is 9.59 Å². The van der Waals surface area contributed by atoms with Crippen LogP contribution in [0.15, 0.2) is 18.2 Å². The zero-order chi connectivity index (χ0) is 14.0. The third-order valence-corrected chi connectivity index (χ3v) is 3.20. The first-order valence-corrected chi connectivity index (χ1v) is 5.92. The average molecular weight is 269 g/mol. The maximum atomic E-state index is 12.9. The summed E-state index contributed by atoms with van der Waals surface area (Å²) in [6.07, 6.45) is 0.781. The molecule has 19 heavy (non-hydrogen) atoms. The molecule has 1 aromatic carbocycles. The van der Waals surface area contributed by atoms with E-state index in [1.165, 1.54) is 6.07 Å². The molecule has 2 N–H and O–H groups in total. The molecule has 0 atom stereocenters. The number of carboxylic acid groups (broad SMARTS) is 1. The zero-order valence-corrected chi connectivity index (χ0v) is 10.0. The SMILES string of the molecule is O=C(Cc1ccc(F)c(F)c1)NC1CC(C(=O)O)C1. The summed E-state index contributed by atoms with van der Waals surface area (Å²) >= 11 is 0. The Labute approximate surface area is 108 Å². The second kappa shape index (κ2) is 5.34. The Morgan fingerprint density at radius 3 is 2.53 bits per heavy atom. The van der Waals surface area contributed by atoms with Crippen LogP contribution < -0.4 is 5.32 Å². The molecule has 1 aliphatic rings. The number of halogens is 2. The Morgan fingerprint density at radius 1 is 1.26 bits per heavy atom. The number of rotatable bonds is 4. The molecule has 102 valence electrons. The predicted molar refractivity (Wildman–Crippen MR) is 62.4 cm³/mol. The predicted octanol–water partition coefficient (Wildman–Crippen LogP) is 1.49. The molecule has 0 saturated heterocycles. The van der Waals surface area contributed by atoms with E-state index >= 15 is 0 Å². The van der Waals surface area contributed by atoms with Gasteiger partial charge in [-0.05, 0) is 30.5 Å². The summed E-state index contributed by atoms with van der Waals surface area (Å²) in [6.45, 7) is 0. The van der Waals surface area contributed by atoms with Crippen LogP contribution in [-0.2, 0) is 16.0 Å². The van der Waals surface area contributed by atoms with Gasteiger partial charge in [0.2, 0.25) is 5.91 Å². The summed E-state index contributed by atoms with van der Waals surface area (Å²) in [5, 5.41) is 11.4. The van der Waals surface area contributed by atoms with Gasteiger partial charge in [0.15, 0.2) is 11.6 Å². The highest BCUT2D eigenvalue weighted by atomic mass is 19.2. The number of carboxylic acids is 1. The van der Waals surface area contributed by atoms with Crippen LogP contribution in [-0.4, -0.2) is 23.0 Å². The van der Waals surface area contributed by atoms with Crippen LogP contribution >= 0.6 is 0 Å². The summed E-state index contributed by atoms with van der Waals surface area (Å²) in [7, 11) is 0. The first kappa shape index (κ1) is 13.5. The third-order valence-electron chi connectivity index (χ3n) is 3.20. The standard InChI is InChI=1S/C13H13F2NO3/c14-10-2-1-7(3-11(10)15)4-12(17)16-9-5-8(6-9)13(18)19/h1-3,8-9H,4-6H2,(H,16,17)(H,18,19). The van der Waals surface area contributed by atoms with Gasteiger partial charge < -0.3 is 10.4 Å². The van der Waals surface area contributed by atoms with Crippen molar-refractivity contribution in [1.82, 2.24) is 5.32 Å². The molecule has 4 nitrogen and oxygen atoms in total. The lowest BCUT2D eigenvalue weighted by molar-refractivity contribution is -0.146. The minimum atomic E-state index is -0.986. The number of benzene rings is 1. The molecule has 1 saturated carbocycles. The van der Waals surface area contributed by atoms with E-state index in [4.69, 9.17) is 5.11 Å². The molecular weight excluding hydrogens is 256 g/mol. The fourth-order valence-corrected chi connectivity index (χ4v) is 2.05. The van der Waals surface area contributed by atoms with Crippen LogP contribution in [0, 0.1) is 17.6 Å². The summed E-state index contributed by atoms with van der Waals surface area (Å²) in [4.78, 5) is 22.2. The van der Waals surface area contributed by atoms with Gasteiger partial charge in [0, 0.05) is 6.04 Å². The Kier molecular flexibility index (Phi) is 3.78. The van der Waals surface area contributed by atoms with E-state index in [1.807, 2.05) is 0 Å². The topological polar surface area (TPSA) is 66.4 Å². The molecule has 0 spiro atoms. The van der Waals surface area contributed by atoms with Crippen LogP contribution in [0.1, 0.15) is 18.4 Å². The second-order valence-electron chi connectivity index (χ2n) is 4.70. The lowest BCUT2D eigenvalue weighted by Crippen LogP contribution is -2.47. The van der Waals surface area contributed by atoms with Gasteiger partial charge in [-0.1, -0.05) is 6.07 Å². The maximum Gasteiger partial charge on any atom is 0.306 e. The van der Waals surface area contributed by atoms with Crippen molar-refractivity contribution in [3.63, 3.8) is 0 Å². The van der Waals surface area contributed by atoms with Crippen LogP contribution in [0.25, 0.3) is 0 Å². The van der Waals surface area contributed by atoms with Crippen molar-refractivity contribution in [3.05, 3.63) is 35.4 Å². The van der Waals surface area contributed by atoms with Crippen LogP contribution in [0.2, 0.25) is 0 Å². The molecule has 1 amide bonds. The fraction of sp³-hybridized carbons (Fsp3) is 0.385. The number of hydrogen-bond donors (Lipinski definition) is 2. The number of carbonyl (C=O) groups excluding carboxylic acids is 1. The molecule has 0 heterocycles. The van der Waals surface area contributed by atoms with Crippen molar-refractivity contribution in [2.45, 2.75) is 25.3 Å². The highest BCUT2D eigenvalue weighted by molar-refractivity contribution is 5.79. The number of aliphatic carboxylic acids is 1. The van der Waals surface area contributed by atoms with Crippen LogP contribution in [0.3, 0.4) is 0 Å². The number of nitrogens with one attached hydrogen (secondary N) is 1. The highest BCUT2D eigenvalue weighted by Gasteiger charge is 2.35. The molecular formula is C13H13F2NO3. The fourth-order valence-electron chi connectivity index (χ4n) is 2.05. The molecule has 0 aromatic heterocycles. The van der Waals surface area contributed by atoms with Crippen molar-refractivity contribution >= 4 is 11.9 Å². The van der Waals surface area contributed by atoms with E-state index in [2.05, 4.69) is 5.32 Å². The van der Waals surface area contributed by atoms with Gasteiger partial charge in [-0.15, -0.1) is 0 Å². The summed E-state index contributed by atoms with van der Waals surface area (Å²) in [6, 6.07) is 3.16. The quantitative estimate of drug-likeness (QED) is 0.870. The molecule has 0 aliphatic heterocycles. The van der Waals surface area contributed by atoms with Gasteiger partial charge in [0.05, 0.1) is 12.3 Å². The first-order chi connectivity index (χ1) is 8.95. The largest absolute Gasteiger partial charge is 0.481 e. The maximum absolute atomic E-state index is 12.9. The Morgan fingerprint density at radius 2 is 1.95 bits per heavy atom. The van der Waals surface area contributed by atoms with E-state index in [1.54, 1.807) is 0 Å². The van der Waals surface area contributed by atoms with E-state index in [0.29, 0.717) is 18.4 Å². The van der Waals surface area contributed by atoms with Crippen LogP contribution in [0.5, 0.6) is 0 Å². The summed E-state index contributed by atoms with van der Waals surface area (Å²) < 4.78 is 25.6. The molecule has 1 aliphatic carbocycles. The van der Waals surface area contributed by atoms with Gasteiger partial charge in [0.1, 0.15) is 0 Å². The van der Waals surface area contributed by atoms with Crippen molar-refractivity contribution in [1.29, 1.82) is 0 Å². The lowest BCUT2D eigenvalue weighted by atomic mass is 9.80. The minimum absolute atomic E-state index is 0.0502. The normalized spacial score (nSPS) is 21.6. The van der Waals surface area contributed by atoms with E-state index in [9.17, 15) is 18.4 Å². The van der Waals surface area contributed by atoms with Crippen molar-refractivity contribution in [3.8, 4) is 0 Å². The Bertz CT molecular complexity index is 513. The molecule has 2 rings (SSSR count). The van der Waals surface area contributed by atoms with Gasteiger partial charge in [-0.25, -0.2) is 8.78 Å². The number of hydrogen-bond acceptors (Lipinski definition) is 2. The first-order valence-electron chi connectivity index (χ1n) is 5.92. The molecule has 0 unspecified atom stereocenters. The third kappa shape index (κ3) is 3.27.